The van der Waals surface area contributed by atoms with Gasteiger partial charge in [0.25, 0.3) is 5.91 Å². The second kappa shape index (κ2) is 7.57. The van der Waals surface area contributed by atoms with Gasteiger partial charge in [0.05, 0.1) is 0 Å². The molecule has 0 saturated carbocycles. The van der Waals surface area contributed by atoms with E-state index in [0.717, 1.165) is 16.8 Å². The van der Waals surface area contributed by atoms with Crippen molar-refractivity contribution < 1.29 is 4.79 Å². The van der Waals surface area contributed by atoms with Crippen LogP contribution in [0.3, 0.4) is 0 Å². The number of hydrogen-bond acceptors (Lipinski definition) is 4. The molecule has 0 spiro atoms. The summed E-state index contributed by atoms with van der Waals surface area (Å²) in [6, 6.07) is 19.4. The van der Waals surface area contributed by atoms with E-state index in [1.807, 2.05) is 61.5 Å². The Morgan fingerprint density at radius 2 is 1.76 bits per heavy atom. The predicted octanol–water partition coefficient (Wildman–Crippen LogP) is 3.77. The van der Waals surface area contributed by atoms with Gasteiger partial charge in [0.15, 0.2) is 0 Å². The third-order valence-electron chi connectivity index (χ3n) is 3.66. The summed E-state index contributed by atoms with van der Waals surface area (Å²) in [6.07, 6.45) is 0. The molecule has 0 fully saturated rings. The molecule has 5 heteroatoms. The fraction of sp³-hybridized carbons (Fsp3) is 0.150. The van der Waals surface area contributed by atoms with Gasteiger partial charge in [0.2, 0.25) is 0 Å². The number of rotatable bonds is 5. The fourth-order valence-corrected chi connectivity index (χ4v) is 2.49. The van der Waals surface area contributed by atoms with Crippen LogP contribution in [-0.4, -0.2) is 15.9 Å². The second-order valence-corrected chi connectivity index (χ2v) is 5.85. The summed E-state index contributed by atoms with van der Waals surface area (Å²) >= 11 is 0. The van der Waals surface area contributed by atoms with Gasteiger partial charge in [-0.3, -0.25) is 4.79 Å². The number of amides is 1. The van der Waals surface area contributed by atoms with E-state index in [1.54, 1.807) is 13.0 Å². The zero-order valence-electron chi connectivity index (χ0n) is 14.3. The van der Waals surface area contributed by atoms with Gasteiger partial charge in [-0.15, -0.1) is 0 Å². The lowest BCUT2D eigenvalue weighted by molar-refractivity contribution is 0.0945. The normalized spacial score (nSPS) is 10.3. The van der Waals surface area contributed by atoms with E-state index in [1.165, 1.54) is 0 Å². The van der Waals surface area contributed by atoms with Crippen LogP contribution in [0.25, 0.3) is 0 Å². The average Bonchev–Trinajstić information content (AvgIpc) is 2.60. The number of anilines is 2. The number of aromatic nitrogens is 2. The molecule has 5 nitrogen and oxygen atoms in total. The summed E-state index contributed by atoms with van der Waals surface area (Å²) < 4.78 is 0. The molecule has 0 aliphatic heterocycles. The van der Waals surface area contributed by atoms with Crippen molar-refractivity contribution in [2.24, 2.45) is 0 Å². The van der Waals surface area contributed by atoms with Crippen LogP contribution in [-0.2, 0) is 6.54 Å². The number of aryl methyl sites for hydroxylation is 2. The third kappa shape index (κ3) is 4.64. The summed E-state index contributed by atoms with van der Waals surface area (Å²) in [5, 5.41) is 6.11. The maximum absolute atomic E-state index is 12.4. The molecule has 1 aromatic heterocycles. The SMILES string of the molecule is Cc1cccc(Nc2cc(C(=O)NCc3ccccc3)nc(C)n2)c1. The largest absolute Gasteiger partial charge is 0.347 e. The van der Waals surface area contributed by atoms with Crippen molar-refractivity contribution in [3.63, 3.8) is 0 Å². The molecule has 3 aromatic rings. The third-order valence-corrected chi connectivity index (χ3v) is 3.66. The minimum Gasteiger partial charge on any atom is -0.347 e. The summed E-state index contributed by atoms with van der Waals surface area (Å²) in [6.45, 7) is 4.26. The second-order valence-electron chi connectivity index (χ2n) is 5.85. The molecule has 0 radical (unpaired) electrons. The van der Waals surface area contributed by atoms with Crippen molar-refractivity contribution in [3.05, 3.63) is 83.3 Å². The average molecular weight is 332 g/mol. The molecule has 2 aromatic carbocycles. The zero-order chi connectivity index (χ0) is 17.6. The maximum atomic E-state index is 12.4. The summed E-state index contributed by atoms with van der Waals surface area (Å²) in [4.78, 5) is 21.0. The van der Waals surface area contributed by atoms with Crippen molar-refractivity contribution >= 4 is 17.4 Å². The molecule has 0 bridgehead atoms. The molecule has 0 atom stereocenters. The maximum Gasteiger partial charge on any atom is 0.270 e. The van der Waals surface area contributed by atoms with Gasteiger partial charge in [-0.1, -0.05) is 42.5 Å². The summed E-state index contributed by atoms with van der Waals surface area (Å²) in [5.41, 5.74) is 3.46. The summed E-state index contributed by atoms with van der Waals surface area (Å²) in [7, 11) is 0. The Kier molecular flexibility index (Phi) is 5.04. The van der Waals surface area contributed by atoms with Crippen LogP contribution < -0.4 is 10.6 Å². The van der Waals surface area contributed by atoms with Gasteiger partial charge in [-0.25, -0.2) is 9.97 Å². The smallest absolute Gasteiger partial charge is 0.270 e. The first-order valence-electron chi connectivity index (χ1n) is 8.12. The Balaban J connectivity index is 1.73. The Bertz CT molecular complexity index is 878. The Hall–Kier alpha value is -3.21. The highest BCUT2D eigenvalue weighted by Gasteiger charge is 2.10. The standard InChI is InChI=1S/C20H20N4O/c1-14-7-6-10-17(11-14)24-19-12-18(22-15(2)23-19)20(25)21-13-16-8-4-3-5-9-16/h3-12H,13H2,1-2H3,(H,21,25)(H,22,23,24). The van der Waals surface area contributed by atoms with Gasteiger partial charge in [-0.2, -0.15) is 0 Å². The van der Waals surface area contributed by atoms with E-state index < -0.39 is 0 Å². The number of nitrogens with zero attached hydrogens (tertiary/aromatic N) is 2. The van der Waals surface area contributed by atoms with Gasteiger partial charge in [-0.05, 0) is 37.1 Å². The molecule has 0 aliphatic carbocycles. The lowest BCUT2D eigenvalue weighted by Crippen LogP contribution is -2.24. The minimum absolute atomic E-state index is 0.221. The van der Waals surface area contributed by atoms with E-state index in [0.29, 0.717) is 23.9 Å². The minimum atomic E-state index is -0.221. The fourth-order valence-electron chi connectivity index (χ4n) is 2.49. The monoisotopic (exact) mass is 332 g/mol. The first-order valence-corrected chi connectivity index (χ1v) is 8.12. The van der Waals surface area contributed by atoms with Crippen LogP contribution in [0.2, 0.25) is 0 Å². The highest BCUT2D eigenvalue weighted by atomic mass is 16.1. The van der Waals surface area contributed by atoms with Crippen LogP contribution in [0.4, 0.5) is 11.5 Å². The van der Waals surface area contributed by atoms with Crippen LogP contribution in [0.15, 0.2) is 60.7 Å². The zero-order valence-corrected chi connectivity index (χ0v) is 14.3. The van der Waals surface area contributed by atoms with E-state index in [9.17, 15) is 4.79 Å². The van der Waals surface area contributed by atoms with E-state index in [4.69, 9.17) is 0 Å². The van der Waals surface area contributed by atoms with Crippen LogP contribution in [0.1, 0.15) is 27.4 Å². The van der Waals surface area contributed by atoms with Gasteiger partial charge < -0.3 is 10.6 Å². The van der Waals surface area contributed by atoms with Crippen molar-refractivity contribution in [2.45, 2.75) is 20.4 Å². The number of nitrogens with one attached hydrogen (secondary N) is 2. The van der Waals surface area contributed by atoms with Gasteiger partial charge in [0, 0.05) is 18.3 Å². The van der Waals surface area contributed by atoms with Gasteiger partial charge >= 0.3 is 0 Å². The lowest BCUT2D eigenvalue weighted by atomic mass is 10.2. The molecule has 0 unspecified atom stereocenters. The van der Waals surface area contributed by atoms with E-state index in [2.05, 4.69) is 20.6 Å². The van der Waals surface area contributed by atoms with Crippen molar-refractivity contribution in [1.29, 1.82) is 0 Å². The molecular weight excluding hydrogens is 312 g/mol. The number of hydrogen-bond donors (Lipinski definition) is 2. The molecule has 0 saturated heterocycles. The molecule has 2 N–H and O–H groups in total. The molecular formula is C20H20N4O. The molecule has 1 heterocycles. The van der Waals surface area contributed by atoms with Crippen molar-refractivity contribution in [3.8, 4) is 0 Å². The molecule has 1 amide bonds. The Labute approximate surface area is 147 Å². The number of benzene rings is 2. The first kappa shape index (κ1) is 16.6. The van der Waals surface area contributed by atoms with Gasteiger partial charge in [0.1, 0.15) is 17.3 Å². The van der Waals surface area contributed by atoms with Crippen molar-refractivity contribution in [2.75, 3.05) is 5.32 Å². The lowest BCUT2D eigenvalue weighted by Gasteiger charge is -2.10. The van der Waals surface area contributed by atoms with Crippen LogP contribution in [0, 0.1) is 13.8 Å². The molecule has 3 rings (SSSR count). The predicted molar refractivity (Wildman–Crippen MR) is 98.8 cm³/mol. The van der Waals surface area contributed by atoms with E-state index in [-0.39, 0.29) is 5.91 Å². The van der Waals surface area contributed by atoms with E-state index >= 15 is 0 Å². The summed E-state index contributed by atoms with van der Waals surface area (Å²) in [5.74, 6) is 0.923. The van der Waals surface area contributed by atoms with Crippen molar-refractivity contribution in [1.82, 2.24) is 15.3 Å². The van der Waals surface area contributed by atoms with Crippen LogP contribution >= 0.6 is 0 Å². The quantitative estimate of drug-likeness (QED) is 0.746. The van der Waals surface area contributed by atoms with Crippen LogP contribution in [0.5, 0.6) is 0 Å². The highest BCUT2D eigenvalue weighted by molar-refractivity contribution is 5.93. The highest BCUT2D eigenvalue weighted by Crippen LogP contribution is 2.16. The first-order chi connectivity index (χ1) is 12.1. The number of carbonyl (C=O) groups excluding carboxylic acids is 1. The molecule has 126 valence electrons. The molecule has 0 aliphatic rings. The Morgan fingerprint density at radius 3 is 2.52 bits per heavy atom. The molecule has 25 heavy (non-hydrogen) atoms. The number of carbonyl (C=O) groups is 1. The topological polar surface area (TPSA) is 66.9 Å². The Morgan fingerprint density at radius 1 is 0.960 bits per heavy atom.